The fourth-order valence-corrected chi connectivity index (χ4v) is 14.2. The van der Waals surface area contributed by atoms with Gasteiger partial charge in [-0.25, -0.2) is 29.1 Å². The van der Waals surface area contributed by atoms with Crippen LogP contribution in [-0.4, -0.2) is 212 Å². The zero-order chi connectivity index (χ0) is 82.4. The zero-order valence-electron chi connectivity index (χ0n) is 68.3. The second-order valence-corrected chi connectivity index (χ2v) is 33.9. The standard InChI is InChI=1S/C36H47N7O7S.C25H41N3O9S.C12H10N4OS.CH2O3.CH4.2Cs.H/c1-10-22-19-36(22,32(46)49-11-2)39-29(44)25-18-23(20-42(25)31(45)28(34(3,4)5)38-33(47)50-35(6,7)8)43-40-26(21-12-14-24(48-9)15-13-21)27(41-43)30-37-16-17-51-30;1-10-15-13-25(15,21(31)35-11-2)27-19(29)17-12-16(37-38(9,33)34)14-28(17)20(30)18(23(3,4)5)26-22(32)36-24(6,7)8;1-17-9-4-2-8(3-5-9)10-11(15-16-14-10)12-13-6-7-18-12;2-1-4-3;;;;/h10,12-17,22-23,25,28H,1,11,18-20H2,2-9H3,(H,38,47)(H,39,44);10,15-18H,1,11-14H2,2-9H3,(H,26,32)(H,27,29);2-7H,1H3,(H,14,15,16);1,3H;1H4;;;/q;;;;;2*+1;-1/p-1/t22-,23?,25+,28-,36-;15-,16+,17+,18-,25-;;;;;;/m11....../s1. The smallest absolute Gasteiger partial charge is 1.00 e. The van der Waals surface area contributed by atoms with E-state index in [-0.39, 0.29) is 211 Å². The largest absolute Gasteiger partial charge is 1.00 e. The molecule has 0 radical (unpaired) electrons. The number of H-pyrrole nitrogens is 1. The molecule has 2 saturated carbocycles. The fraction of sp³-hybridized carbons (Fsp3) is 0.533. The van der Waals surface area contributed by atoms with E-state index in [4.69, 9.17) is 52.9 Å². The van der Waals surface area contributed by atoms with E-state index in [1.54, 1.807) is 115 Å². The molecule has 2 aromatic carbocycles. The van der Waals surface area contributed by atoms with Gasteiger partial charge in [-0.3, -0.25) is 28.2 Å². The van der Waals surface area contributed by atoms with Crippen molar-refractivity contribution in [1.82, 2.24) is 71.4 Å². The van der Waals surface area contributed by atoms with Crippen LogP contribution in [0.4, 0.5) is 9.59 Å². The molecular formula is C75H104Cs2N14O20S3. The van der Waals surface area contributed by atoms with Crippen LogP contribution in [0, 0.1) is 22.7 Å². The third-order valence-electron chi connectivity index (χ3n) is 17.7. The number of aromatic nitrogens is 8. The number of benzene rings is 2. The Kier molecular flexibility index (Phi) is 37.8. The number of methoxy groups -OCH3 is 2. The summed E-state index contributed by atoms with van der Waals surface area (Å²) in [5.41, 5.74) is -1.31. The number of alkyl carbamates (subject to hydrolysis) is 2. The van der Waals surface area contributed by atoms with Crippen LogP contribution < -0.4 is 174 Å². The molecule has 614 valence electrons. The van der Waals surface area contributed by atoms with Crippen LogP contribution in [0.3, 0.4) is 0 Å². The molecule has 0 bridgehead atoms. The fourth-order valence-electron chi connectivity index (χ4n) is 12.3. The molecule has 4 aliphatic rings. The average Bonchev–Trinajstić information content (AvgIpc) is 1.58. The SMILES string of the molecule is C.C=C[C@@H]1C[C@]1(NC(=O)[C@@H]1CC(n2nc(-c3ccc(OC)cc3)c(-c3nccs3)n2)CN1C(=O)[C@@H](NC(=O)OC(C)(C)C)C(C)(C)C)C(=O)OCC.C=C[C@@H]1C[C@]1(NC(=O)[C@@H]1C[C@H](OS(C)(=O)=O)CN1C(=O)[C@@H](NC(=O)OC(C)(C)C)C(C)(C)C)C(=O)OCC.COc1ccc(-c2n[nH]nc2-c2nccs2)cc1.O=CO[O-].[Cs+].[Cs+].[H-]. The van der Waals surface area contributed by atoms with Gasteiger partial charge in [0.2, 0.25) is 23.6 Å². The van der Waals surface area contributed by atoms with Gasteiger partial charge in [0, 0.05) is 72.0 Å². The molecule has 2 saturated heterocycles. The molecular weight excluding hydrogens is 1780 g/mol. The maximum absolute atomic E-state index is 14.6. The molecule has 5 N–H and O–H groups in total. The van der Waals surface area contributed by atoms with Gasteiger partial charge in [-0.15, -0.1) is 40.9 Å². The second-order valence-electron chi connectivity index (χ2n) is 30.5. The Morgan fingerprint density at radius 2 is 1.04 bits per heavy atom. The van der Waals surface area contributed by atoms with Gasteiger partial charge in [-0.05, 0) is 128 Å². The van der Waals surface area contributed by atoms with E-state index in [1.165, 1.54) is 37.3 Å². The van der Waals surface area contributed by atoms with Gasteiger partial charge in [-0.2, -0.15) is 33.7 Å². The number of esters is 2. The van der Waals surface area contributed by atoms with Crippen LogP contribution in [0.25, 0.3) is 43.9 Å². The number of ether oxygens (including phenoxy) is 6. The third-order valence-corrected chi connectivity index (χ3v) is 19.9. The summed E-state index contributed by atoms with van der Waals surface area (Å²) >= 11 is 2.95. The van der Waals surface area contributed by atoms with Gasteiger partial charge in [-0.1, -0.05) is 61.1 Å². The van der Waals surface area contributed by atoms with Gasteiger partial charge in [0.05, 0.1) is 45.8 Å². The summed E-state index contributed by atoms with van der Waals surface area (Å²) in [5, 5.41) is 45.4. The summed E-state index contributed by atoms with van der Waals surface area (Å²) in [7, 11) is -0.660. The number of carbonyl (C=O) groups excluding carboxylic acids is 9. The first kappa shape index (κ1) is 100. The molecule has 6 amide bonds. The Bertz CT molecular complexity index is 4380. The summed E-state index contributed by atoms with van der Waals surface area (Å²) < 4.78 is 60.5. The number of thiazole rings is 2. The summed E-state index contributed by atoms with van der Waals surface area (Å²) in [5.74, 6) is -2.64. The molecule has 6 aromatic rings. The molecule has 1 unspecified atom stereocenters. The van der Waals surface area contributed by atoms with Crippen LogP contribution in [0.2, 0.25) is 0 Å². The van der Waals surface area contributed by atoms with Crippen LogP contribution in [0.5, 0.6) is 11.5 Å². The van der Waals surface area contributed by atoms with Crippen molar-refractivity contribution in [2.45, 2.75) is 189 Å². The van der Waals surface area contributed by atoms with Gasteiger partial charge >= 0.3 is 162 Å². The van der Waals surface area contributed by atoms with Gasteiger partial charge < -0.3 is 71.1 Å². The molecule has 114 heavy (non-hydrogen) atoms. The molecule has 10 atom stereocenters. The number of rotatable bonds is 24. The number of likely N-dealkylation sites (tertiary alicyclic amines) is 2. The number of hydrogen-bond donors (Lipinski definition) is 5. The van der Waals surface area contributed by atoms with Crippen molar-refractivity contribution in [3.63, 3.8) is 0 Å². The number of aromatic amines is 1. The summed E-state index contributed by atoms with van der Waals surface area (Å²) in [6, 6.07) is 10.2. The van der Waals surface area contributed by atoms with E-state index in [0.717, 1.165) is 39.5 Å². The molecule has 4 fully saturated rings. The Morgan fingerprint density at radius 1 is 0.640 bits per heavy atom. The number of nitrogens with one attached hydrogen (secondary N) is 5. The molecule has 4 aromatic heterocycles. The minimum absolute atomic E-state index is 0. The van der Waals surface area contributed by atoms with E-state index >= 15 is 0 Å². The summed E-state index contributed by atoms with van der Waals surface area (Å²) in [4.78, 5) is 132. The molecule has 34 nitrogen and oxygen atoms in total. The molecule has 39 heteroatoms. The van der Waals surface area contributed by atoms with Gasteiger partial charge in [0.15, 0.2) is 0 Å². The van der Waals surface area contributed by atoms with E-state index < -0.39 is 127 Å². The molecule has 6 heterocycles. The van der Waals surface area contributed by atoms with Crippen molar-refractivity contribution >= 4 is 87.0 Å². The predicted octanol–water partition coefficient (Wildman–Crippen LogP) is 2.07. The van der Waals surface area contributed by atoms with Crippen molar-refractivity contribution in [3.05, 3.63) is 97.0 Å². The van der Waals surface area contributed by atoms with Crippen molar-refractivity contribution in [1.29, 1.82) is 0 Å². The van der Waals surface area contributed by atoms with Crippen LogP contribution in [0.15, 0.2) is 97.0 Å². The van der Waals surface area contributed by atoms with Crippen molar-refractivity contribution in [3.8, 4) is 55.4 Å². The van der Waals surface area contributed by atoms with E-state index in [2.05, 4.69) is 64.7 Å². The van der Waals surface area contributed by atoms with Gasteiger partial charge in [0.1, 0.15) is 90.7 Å². The number of carbonyl (C=O) groups is 9. The van der Waals surface area contributed by atoms with Crippen LogP contribution >= 0.6 is 22.7 Å². The zero-order valence-corrected chi connectivity index (χ0v) is 82.3. The number of hydrogen-bond acceptors (Lipinski definition) is 28. The van der Waals surface area contributed by atoms with E-state index in [1.807, 2.05) is 80.1 Å². The van der Waals surface area contributed by atoms with Crippen molar-refractivity contribution in [2.24, 2.45) is 22.7 Å². The summed E-state index contributed by atoms with van der Waals surface area (Å²) in [6.07, 6.45) is 5.53. The topological polar surface area (TPSA) is 437 Å². The van der Waals surface area contributed by atoms with E-state index in [9.17, 15) is 46.8 Å². The Hall–Kier alpha value is -6.14. The minimum Gasteiger partial charge on any atom is -1.00 e. The van der Waals surface area contributed by atoms with Crippen LogP contribution in [0.1, 0.15) is 138 Å². The van der Waals surface area contributed by atoms with Gasteiger partial charge in [0.25, 0.3) is 16.6 Å². The third kappa shape index (κ3) is 26.9. The monoisotopic (exact) mass is 1880 g/mol. The number of nitrogens with zero attached hydrogens (tertiary/aromatic N) is 9. The Labute approximate surface area is 792 Å². The molecule has 2 aliphatic carbocycles. The minimum atomic E-state index is -3.90. The van der Waals surface area contributed by atoms with Crippen molar-refractivity contribution in [2.75, 3.05) is 46.8 Å². The second kappa shape index (κ2) is 43.0. The first-order chi connectivity index (χ1) is 52.0. The first-order valence-corrected chi connectivity index (χ1v) is 39.0. The quantitative estimate of drug-likeness (QED) is 0.0110. The van der Waals surface area contributed by atoms with Crippen molar-refractivity contribution < 1.29 is 234 Å². The Balaban J connectivity index is 0.000000468. The van der Waals surface area contributed by atoms with Crippen LogP contribution in [-0.2, 0) is 71.7 Å². The maximum Gasteiger partial charge on any atom is 1.00 e. The Morgan fingerprint density at radius 3 is 1.39 bits per heavy atom. The molecule has 10 rings (SSSR count). The summed E-state index contributed by atoms with van der Waals surface area (Å²) in [6.45, 7) is 31.7. The van der Waals surface area contributed by atoms with E-state index in [0.29, 0.717) is 28.6 Å². The number of amides is 6. The maximum atomic E-state index is 14.6. The normalized spacial score (nSPS) is 20.5. The average molecular weight is 1880 g/mol. The predicted molar refractivity (Wildman–Crippen MR) is 413 cm³/mol. The molecule has 2 aliphatic heterocycles. The molecule has 0 spiro atoms. The first-order valence-electron chi connectivity index (χ1n) is 35.4.